The maximum atomic E-state index is 12.8. The number of rotatable bonds is 9. The molecule has 0 unspecified atom stereocenters. The Kier molecular flexibility index (Phi) is 12.2. The lowest BCUT2D eigenvalue weighted by Gasteiger charge is -2.06. The van der Waals surface area contributed by atoms with E-state index in [1.54, 1.807) is 84.1 Å². The molecule has 3 aromatic heterocycles. The number of aromatic nitrogens is 3. The summed E-state index contributed by atoms with van der Waals surface area (Å²) in [6.07, 6.45) is 1.79. The van der Waals surface area contributed by atoms with Crippen LogP contribution in [0.15, 0.2) is 124 Å². The minimum Gasteiger partial charge on any atom is -0.436 e. The van der Waals surface area contributed by atoms with E-state index in [4.69, 9.17) is 55.2 Å². The normalized spacial score (nSPS) is 11.2. The van der Waals surface area contributed by atoms with Crippen molar-refractivity contribution in [1.29, 1.82) is 0 Å². The van der Waals surface area contributed by atoms with Gasteiger partial charge in [-0.1, -0.05) is 89.7 Å². The van der Waals surface area contributed by atoms with Crippen LogP contribution in [0, 0.1) is 6.92 Å². The van der Waals surface area contributed by atoms with Gasteiger partial charge in [0.25, 0.3) is 11.8 Å². The Labute approximate surface area is 368 Å². The van der Waals surface area contributed by atoms with Gasteiger partial charge in [-0.05, 0) is 110 Å². The molecule has 2 N–H and O–H groups in total. The van der Waals surface area contributed by atoms with Gasteiger partial charge in [-0.15, -0.1) is 11.3 Å². The number of thiazole rings is 1. The van der Waals surface area contributed by atoms with Gasteiger partial charge >= 0.3 is 0 Å². The summed E-state index contributed by atoms with van der Waals surface area (Å²) >= 11 is 26.6. The molecule has 3 heterocycles. The van der Waals surface area contributed by atoms with Gasteiger partial charge in [-0.2, -0.15) is 0 Å². The molecule has 6 aromatic carbocycles. The van der Waals surface area contributed by atoms with Crippen molar-refractivity contribution in [3.05, 3.63) is 163 Å². The van der Waals surface area contributed by atoms with Gasteiger partial charge in [0, 0.05) is 23.4 Å². The molecule has 9 aromatic rings. The van der Waals surface area contributed by atoms with Crippen LogP contribution < -0.4 is 10.6 Å². The molecule has 300 valence electrons. The second-order valence-corrected chi connectivity index (χ2v) is 16.5. The highest BCUT2D eigenvalue weighted by molar-refractivity contribution is 7.18. The number of fused-ring (bicyclic) bond motifs is 3. The average molecular weight is 894 g/mol. The van der Waals surface area contributed by atoms with Crippen LogP contribution in [0.5, 0.6) is 0 Å². The van der Waals surface area contributed by atoms with Gasteiger partial charge in [0.1, 0.15) is 11.0 Å². The van der Waals surface area contributed by atoms with Gasteiger partial charge in [-0.3, -0.25) is 9.59 Å². The second kappa shape index (κ2) is 17.8. The van der Waals surface area contributed by atoms with Crippen molar-refractivity contribution in [2.45, 2.75) is 26.7 Å². The number of benzene rings is 6. The Morgan fingerprint density at radius 2 is 1.15 bits per heavy atom. The van der Waals surface area contributed by atoms with Crippen LogP contribution >= 0.6 is 57.7 Å². The minimum absolute atomic E-state index is 0.151. The molecule has 14 heteroatoms. The third-order valence-corrected chi connectivity index (χ3v) is 11.7. The van der Waals surface area contributed by atoms with Crippen LogP contribution in [-0.4, -0.2) is 33.3 Å². The summed E-state index contributed by atoms with van der Waals surface area (Å²) < 4.78 is 12.7. The Morgan fingerprint density at radius 3 is 1.70 bits per heavy atom. The first kappa shape index (κ1) is 41.0. The maximum Gasteiger partial charge on any atom is 0.255 e. The highest BCUT2D eigenvalue weighted by atomic mass is 35.5. The molecule has 0 saturated heterocycles. The number of amides is 2. The molecule has 0 aliphatic rings. The molecule has 9 nitrogen and oxygen atoms in total. The maximum absolute atomic E-state index is 12.8. The first-order valence-electron chi connectivity index (χ1n) is 18.8. The molecule has 2 amide bonds. The van der Waals surface area contributed by atoms with Crippen molar-refractivity contribution < 1.29 is 18.4 Å². The lowest BCUT2D eigenvalue weighted by molar-refractivity contribution is 0.0953. The summed E-state index contributed by atoms with van der Waals surface area (Å²) in [5.41, 5.74) is 8.31. The summed E-state index contributed by atoms with van der Waals surface area (Å²) in [5, 5.41) is 8.65. The lowest BCUT2D eigenvalue weighted by atomic mass is 10.1. The van der Waals surface area contributed by atoms with E-state index in [0.717, 1.165) is 28.1 Å². The van der Waals surface area contributed by atoms with Crippen LogP contribution in [0.4, 0.5) is 5.69 Å². The van der Waals surface area contributed by atoms with Crippen molar-refractivity contribution >= 4 is 108 Å². The Hall–Kier alpha value is -5.75. The summed E-state index contributed by atoms with van der Waals surface area (Å²) in [7, 11) is 0. The molecule has 0 aliphatic heterocycles. The smallest absolute Gasteiger partial charge is 0.255 e. The number of anilines is 1. The summed E-state index contributed by atoms with van der Waals surface area (Å²) in [6.45, 7) is 4.65. The number of aryl methyl sites for hydroxylation is 2. The quantitative estimate of drug-likeness (QED) is 0.148. The second-order valence-electron chi connectivity index (χ2n) is 13.6. The molecular weight excluding hydrogens is 860 g/mol. The molecule has 0 aliphatic carbocycles. The standard InChI is InChI=1S/C24H20Cl2N2O2.C22H13Cl2N3O2S/c1-2-15-6-8-16(9-7-15)12-13-27-23(29)17-10-11-21-20(14-17)28-24(30-21)22-18(25)4-3-5-19(22)26;1-11-25-17-10-13(6-8-19(17)30-11)26-21(28)12-5-7-18-16(9-12)27-22(29-18)20-14(23)3-2-4-15(20)24/h3-11,14H,2,12-13H2,1H3,(H,27,29);2-10H,1H3,(H,26,28). The van der Waals surface area contributed by atoms with Crippen LogP contribution in [0.25, 0.3) is 55.3 Å². The number of nitrogens with zero attached hydrogens (tertiary/aromatic N) is 3. The van der Waals surface area contributed by atoms with Crippen molar-refractivity contribution in [3.8, 4) is 22.9 Å². The fourth-order valence-corrected chi connectivity index (χ4v) is 8.37. The Balaban J connectivity index is 0.000000166. The molecule has 0 fully saturated rings. The Bertz CT molecular complexity index is 3010. The van der Waals surface area contributed by atoms with Crippen molar-refractivity contribution in [2.75, 3.05) is 11.9 Å². The lowest BCUT2D eigenvalue weighted by Crippen LogP contribution is -2.25. The molecule has 0 atom stereocenters. The van der Waals surface area contributed by atoms with E-state index in [2.05, 4.69) is 56.8 Å². The fraction of sp³-hybridized carbons (Fsp3) is 0.109. The van der Waals surface area contributed by atoms with Crippen molar-refractivity contribution in [2.24, 2.45) is 0 Å². The molecule has 0 bridgehead atoms. The highest BCUT2D eigenvalue weighted by Gasteiger charge is 2.18. The minimum atomic E-state index is -0.247. The topological polar surface area (TPSA) is 123 Å². The van der Waals surface area contributed by atoms with Crippen LogP contribution in [-0.2, 0) is 12.8 Å². The molecule has 9 rings (SSSR count). The summed E-state index contributed by atoms with van der Waals surface area (Å²) in [4.78, 5) is 38.7. The van der Waals surface area contributed by atoms with E-state index in [0.29, 0.717) is 88.6 Å². The third-order valence-electron chi connectivity index (χ3n) is 9.54. The molecule has 0 radical (unpaired) electrons. The van der Waals surface area contributed by atoms with Gasteiger partial charge in [0.15, 0.2) is 11.2 Å². The largest absolute Gasteiger partial charge is 0.436 e. The highest BCUT2D eigenvalue weighted by Crippen LogP contribution is 2.37. The Morgan fingerprint density at radius 1 is 0.617 bits per heavy atom. The summed E-state index contributed by atoms with van der Waals surface area (Å²) in [5.74, 6) is 0.238. The zero-order valence-corrected chi connectivity index (χ0v) is 35.8. The fourth-order valence-electron chi connectivity index (χ4n) is 6.44. The van der Waals surface area contributed by atoms with Gasteiger partial charge < -0.3 is 19.5 Å². The SMILES string of the molecule is CCc1ccc(CCNC(=O)c2ccc3oc(-c4c(Cl)cccc4Cl)nc3c2)cc1.Cc1nc2cc(NC(=O)c3ccc4oc(-c5c(Cl)cccc5Cl)nc4c3)ccc2s1. The molecule has 0 saturated carbocycles. The van der Waals surface area contributed by atoms with E-state index in [1.165, 1.54) is 11.1 Å². The van der Waals surface area contributed by atoms with E-state index < -0.39 is 0 Å². The predicted octanol–water partition coefficient (Wildman–Crippen LogP) is 13.3. The molecular formula is C46H33Cl4N5O4S. The number of carbonyl (C=O) groups is 2. The number of nitrogens with one attached hydrogen (secondary N) is 2. The van der Waals surface area contributed by atoms with Crippen LogP contribution in [0.2, 0.25) is 20.1 Å². The number of hydrogen-bond acceptors (Lipinski definition) is 8. The van der Waals surface area contributed by atoms with Crippen molar-refractivity contribution in [1.82, 2.24) is 20.3 Å². The van der Waals surface area contributed by atoms with E-state index >= 15 is 0 Å². The number of halogens is 4. The zero-order valence-electron chi connectivity index (χ0n) is 32.0. The van der Waals surface area contributed by atoms with Gasteiger partial charge in [0.2, 0.25) is 11.8 Å². The number of carbonyl (C=O) groups excluding carboxylic acids is 2. The summed E-state index contributed by atoms with van der Waals surface area (Å²) in [6, 6.07) is 34.8. The van der Waals surface area contributed by atoms with Crippen molar-refractivity contribution in [3.63, 3.8) is 0 Å². The third kappa shape index (κ3) is 9.03. The van der Waals surface area contributed by atoms with E-state index in [-0.39, 0.29) is 11.8 Å². The number of hydrogen-bond donors (Lipinski definition) is 2. The monoisotopic (exact) mass is 891 g/mol. The van der Waals surface area contributed by atoms with E-state index in [9.17, 15) is 9.59 Å². The average Bonchev–Trinajstić information content (AvgIpc) is 3.96. The first-order valence-corrected chi connectivity index (χ1v) is 21.1. The van der Waals surface area contributed by atoms with Gasteiger partial charge in [-0.25, -0.2) is 15.0 Å². The molecule has 0 spiro atoms. The van der Waals surface area contributed by atoms with Crippen LogP contribution in [0.3, 0.4) is 0 Å². The molecule has 60 heavy (non-hydrogen) atoms. The van der Waals surface area contributed by atoms with E-state index in [1.807, 2.05) is 25.1 Å². The zero-order chi connectivity index (χ0) is 41.9. The first-order chi connectivity index (χ1) is 29.0. The number of oxazole rings is 2. The van der Waals surface area contributed by atoms with Gasteiger partial charge in [0.05, 0.1) is 46.4 Å². The van der Waals surface area contributed by atoms with Crippen LogP contribution in [0.1, 0.15) is 43.8 Å². The predicted molar refractivity (Wildman–Crippen MR) is 243 cm³/mol.